The maximum absolute atomic E-state index is 5.99. The summed E-state index contributed by atoms with van der Waals surface area (Å²) in [6, 6.07) is 8.17. The van der Waals surface area contributed by atoms with Crippen molar-refractivity contribution in [1.82, 2.24) is 20.0 Å². The Kier molecular flexibility index (Phi) is 5.04. The van der Waals surface area contributed by atoms with Crippen LogP contribution in [0.3, 0.4) is 0 Å². The largest absolute Gasteiger partial charge is 0.368 e. The van der Waals surface area contributed by atoms with E-state index in [1.54, 1.807) is 0 Å². The molecule has 7 heteroatoms. The topological polar surface area (TPSA) is 67.1 Å². The van der Waals surface area contributed by atoms with Crippen LogP contribution in [-0.2, 0) is 0 Å². The summed E-state index contributed by atoms with van der Waals surface area (Å²) in [5, 5.41) is 9.13. The lowest BCUT2D eigenvalue weighted by Crippen LogP contribution is -2.40. The van der Waals surface area contributed by atoms with Gasteiger partial charge in [-0.15, -0.1) is 0 Å². The zero-order valence-electron chi connectivity index (χ0n) is 14.8. The van der Waals surface area contributed by atoms with Crippen LogP contribution in [0.2, 0.25) is 5.02 Å². The third-order valence-corrected chi connectivity index (χ3v) is 5.27. The Bertz CT molecular complexity index is 879. The van der Waals surface area contributed by atoms with E-state index in [0.29, 0.717) is 16.8 Å². The zero-order valence-corrected chi connectivity index (χ0v) is 15.5. The molecule has 1 aliphatic heterocycles. The summed E-state index contributed by atoms with van der Waals surface area (Å²) in [4.78, 5) is 11.1. The molecule has 1 aromatic carbocycles. The molecule has 0 amide bonds. The molecule has 0 aliphatic carbocycles. The summed E-state index contributed by atoms with van der Waals surface area (Å²) in [5.41, 5.74) is 2.14. The second kappa shape index (κ2) is 7.60. The van der Waals surface area contributed by atoms with Gasteiger partial charge in [-0.25, -0.2) is 4.98 Å². The number of aromatic nitrogens is 3. The molecule has 0 unspecified atom stereocenters. The van der Waals surface area contributed by atoms with Crippen LogP contribution in [0.4, 0.5) is 5.82 Å². The van der Waals surface area contributed by atoms with Gasteiger partial charge in [-0.1, -0.05) is 35.3 Å². The Morgan fingerprint density at radius 3 is 2.88 bits per heavy atom. The minimum atomic E-state index is 0.485. The lowest BCUT2D eigenvalue weighted by Gasteiger charge is -2.33. The molecule has 6 nitrogen and oxygen atoms in total. The molecule has 0 spiro atoms. The van der Waals surface area contributed by atoms with Gasteiger partial charge in [0.2, 0.25) is 0 Å². The van der Waals surface area contributed by atoms with Gasteiger partial charge in [-0.2, -0.15) is 4.98 Å². The van der Waals surface area contributed by atoms with Crippen LogP contribution < -0.4 is 5.32 Å². The molecular weight excluding hydrogens is 350 g/mol. The van der Waals surface area contributed by atoms with E-state index in [1.165, 1.54) is 32.1 Å². The standard InChI is InChI=1S/C19H22ClN5O/c1-13-4-2-3-10-25(13)11-9-21-18-16-17(14-5-7-15(20)8-6-14)24-26-19(16)23-12-22-18/h5-8,12-13H,2-4,9-11H2,1H3,(H,21,22,23)/t13-/m1/s1. The number of piperidine rings is 1. The van der Waals surface area contributed by atoms with Gasteiger partial charge in [0.25, 0.3) is 5.71 Å². The predicted molar refractivity (Wildman–Crippen MR) is 103 cm³/mol. The summed E-state index contributed by atoms with van der Waals surface area (Å²) in [6.45, 7) is 5.29. The van der Waals surface area contributed by atoms with E-state index < -0.39 is 0 Å². The minimum Gasteiger partial charge on any atom is -0.368 e. The van der Waals surface area contributed by atoms with Crippen LogP contribution in [0.1, 0.15) is 26.2 Å². The van der Waals surface area contributed by atoms with Crippen molar-refractivity contribution in [2.75, 3.05) is 25.0 Å². The predicted octanol–water partition coefficient (Wildman–Crippen LogP) is 4.22. The number of nitrogens with zero attached hydrogens (tertiary/aromatic N) is 4. The SMILES string of the molecule is C[C@@H]1CCCCN1CCNc1ncnc2onc(-c3ccc(Cl)cc3)c12. The first-order valence-corrected chi connectivity index (χ1v) is 9.44. The number of fused-ring (bicyclic) bond motifs is 1. The molecule has 0 radical (unpaired) electrons. The fourth-order valence-electron chi connectivity index (χ4n) is 3.53. The summed E-state index contributed by atoms with van der Waals surface area (Å²) < 4.78 is 5.40. The van der Waals surface area contributed by atoms with Gasteiger partial charge in [0.05, 0.1) is 0 Å². The molecule has 4 rings (SSSR count). The fraction of sp³-hybridized carbons (Fsp3) is 0.421. The van der Waals surface area contributed by atoms with Gasteiger partial charge in [0.15, 0.2) is 0 Å². The smallest absolute Gasteiger partial charge is 0.263 e. The normalized spacial score (nSPS) is 18.3. The maximum atomic E-state index is 5.99. The monoisotopic (exact) mass is 371 g/mol. The molecule has 2 aromatic heterocycles. The molecule has 0 saturated carbocycles. The highest BCUT2D eigenvalue weighted by atomic mass is 35.5. The molecule has 1 N–H and O–H groups in total. The first-order chi connectivity index (χ1) is 12.7. The number of halogens is 1. The highest BCUT2D eigenvalue weighted by Gasteiger charge is 2.19. The van der Waals surface area contributed by atoms with Crippen LogP contribution in [0.5, 0.6) is 0 Å². The number of likely N-dealkylation sites (tertiary alicyclic amines) is 1. The third-order valence-electron chi connectivity index (χ3n) is 5.02. The Labute approximate surface area is 157 Å². The zero-order chi connectivity index (χ0) is 17.9. The van der Waals surface area contributed by atoms with Crippen molar-refractivity contribution in [3.63, 3.8) is 0 Å². The number of anilines is 1. The van der Waals surface area contributed by atoms with Crippen molar-refractivity contribution in [3.05, 3.63) is 35.6 Å². The van der Waals surface area contributed by atoms with Crippen molar-refractivity contribution in [2.24, 2.45) is 0 Å². The summed E-state index contributed by atoms with van der Waals surface area (Å²) in [6.07, 6.45) is 5.41. The van der Waals surface area contributed by atoms with Crippen molar-refractivity contribution >= 4 is 28.5 Å². The van der Waals surface area contributed by atoms with Gasteiger partial charge in [-0.3, -0.25) is 4.90 Å². The van der Waals surface area contributed by atoms with E-state index in [-0.39, 0.29) is 0 Å². The average Bonchev–Trinajstić information content (AvgIpc) is 3.09. The molecule has 0 bridgehead atoms. The summed E-state index contributed by atoms with van der Waals surface area (Å²) in [7, 11) is 0. The highest BCUT2D eigenvalue weighted by molar-refractivity contribution is 6.30. The third kappa shape index (κ3) is 3.52. The van der Waals surface area contributed by atoms with Gasteiger partial charge in [0, 0.05) is 29.7 Å². The van der Waals surface area contributed by atoms with Crippen molar-refractivity contribution in [1.29, 1.82) is 0 Å². The number of benzene rings is 1. The van der Waals surface area contributed by atoms with Crippen LogP contribution >= 0.6 is 11.6 Å². The Morgan fingerprint density at radius 1 is 1.23 bits per heavy atom. The maximum Gasteiger partial charge on any atom is 0.263 e. The Hall–Kier alpha value is -2.18. The molecule has 1 aliphatic rings. The highest BCUT2D eigenvalue weighted by Crippen LogP contribution is 2.31. The van der Waals surface area contributed by atoms with Crippen molar-refractivity contribution in [2.45, 2.75) is 32.2 Å². The quantitative estimate of drug-likeness (QED) is 0.724. The van der Waals surface area contributed by atoms with E-state index in [0.717, 1.165) is 35.6 Å². The molecule has 1 saturated heterocycles. The molecule has 1 fully saturated rings. The first kappa shape index (κ1) is 17.2. The van der Waals surface area contributed by atoms with Gasteiger partial charge in [-0.05, 0) is 38.4 Å². The number of rotatable bonds is 5. The number of hydrogen-bond acceptors (Lipinski definition) is 6. The molecule has 136 valence electrons. The van der Waals surface area contributed by atoms with E-state index in [9.17, 15) is 0 Å². The van der Waals surface area contributed by atoms with Crippen LogP contribution in [0, 0.1) is 0 Å². The Balaban J connectivity index is 1.55. The average molecular weight is 372 g/mol. The molecule has 1 atom stereocenters. The van der Waals surface area contributed by atoms with Crippen molar-refractivity contribution in [3.8, 4) is 11.3 Å². The molecular formula is C19H22ClN5O. The van der Waals surface area contributed by atoms with E-state index >= 15 is 0 Å². The lowest BCUT2D eigenvalue weighted by atomic mass is 10.0. The van der Waals surface area contributed by atoms with Gasteiger partial charge < -0.3 is 9.84 Å². The van der Waals surface area contributed by atoms with Crippen LogP contribution in [-0.4, -0.2) is 45.7 Å². The molecule has 3 heterocycles. The Morgan fingerprint density at radius 2 is 2.08 bits per heavy atom. The molecule has 26 heavy (non-hydrogen) atoms. The van der Waals surface area contributed by atoms with E-state index in [2.05, 4.69) is 32.3 Å². The van der Waals surface area contributed by atoms with Crippen LogP contribution in [0.25, 0.3) is 22.4 Å². The van der Waals surface area contributed by atoms with Gasteiger partial charge >= 0.3 is 0 Å². The molecule has 3 aromatic rings. The number of nitrogens with one attached hydrogen (secondary N) is 1. The first-order valence-electron chi connectivity index (χ1n) is 9.06. The lowest BCUT2D eigenvalue weighted by molar-refractivity contribution is 0.167. The van der Waals surface area contributed by atoms with E-state index in [1.807, 2.05) is 24.3 Å². The second-order valence-corrected chi connectivity index (χ2v) is 7.18. The number of hydrogen-bond donors (Lipinski definition) is 1. The summed E-state index contributed by atoms with van der Waals surface area (Å²) in [5.74, 6) is 0.755. The van der Waals surface area contributed by atoms with E-state index in [4.69, 9.17) is 16.1 Å². The van der Waals surface area contributed by atoms with Gasteiger partial charge in [0.1, 0.15) is 23.2 Å². The summed E-state index contributed by atoms with van der Waals surface area (Å²) >= 11 is 5.99. The van der Waals surface area contributed by atoms with Crippen molar-refractivity contribution < 1.29 is 4.52 Å². The van der Waals surface area contributed by atoms with Crippen LogP contribution in [0.15, 0.2) is 35.1 Å². The fourth-order valence-corrected chi connectivity index (χ4v) is 3.66. The second-order valence-electron chi connectivity index (χ2n) is 6.75. The minimum absolute atomic E-state index is 0.485.